The molecule has 7 nitrogen and oxygen atoms in total. The van der Waals surface area contributed by atoms with Gasteiger partial charge in [-0.25, -0.2) is 13.8 Å². The minimum atomic E-state index is -0.907. The molecule has 2 aromatic heterocycles. The average Bonchev–Trinajstić information content (AvgIpc) is 3.03. The molecule has 2 amide bonds. The molecule has 0 bridgehead atoms. The summed E-state index contributed by atoms with van der Waals surface area (Å²) in [4.78, 5) is 31.2. The number of aromatic nitrogens is 2. The number of fused-ring (bicyclic) bond motifs is 1. The first-order valence-electron chi connectivity index (χ1n) is 8.53. The monoisotopic (exact) mass is 387 g/mol. The van der Waals surface area contributed by atoms with Gasteiger partial charge in [-0.3, -0.25) is 14.0 Å². The van der Waals surface area contributed by atoms with Gasteiger partial charge >= 0.3 is 0 Å². The van der Waals surface area contributed by atoms with Gasteiger partial charge < -0.3 is 15.5 Å². The number of imidazole rings is 1. The summed E-state index contributed by atoms with van der Waals surface area (Å²) in [6.45, 7) is 1.06. The normalized spacial score (nSPS) is 11.0. The van der Waals surface area contributed by atoms with E-state index in [-0.39, 0.29) is 17.2 Å². The first-order chi connectivity index (χ1) is 13.4. The standard InChI is InChI=1S/C19H19F2N5O2/c1-25(2)10-8-22-18(27)16-15-5-3-4-9-26(15)17(24-16)19(28)23-14-7-6-12(20)11-13(14)21/h3-7,9,11H,8,10H2,1-2H3,(H,22,27)(H,23,28). The molecule has 0 unspecified atom stereocenters. The van der Waals surface area contributed by atoms with Crippen LogP contribution in [0.1, 0.15) is 21.1 Å². The number of pyridine rings is 1. The van der Waals surface area contributed by atoms with E-state index in [4.69, 9.17) is 0 Å². The van der Waals surface area contributed by atoms with E-state index in [0.717, 1.165) is 12.1 Å². The Morgan fingerprint density at radius 3 is 2.64 bits per heavy atom. The molecular weight excluding hydrogens is 368 g/mol. The molecule has 0 saturated heterocycles. The average molecular weight is 387 g/mol. The van der Waals surface area contributed by atoms with Crippen molar-refractivity contribution in [3.05, 3.63) is 65.7 Å². The molecule has 2 heterocycles. The van der Waals surface area contributed by atoms with Gasteiger partial charge in [-0.05, 0) is 38.4 Å². The lowest BCUT2D eigenvalue weighted by Crippen LogP contribution is -2.31. The Morgan fingerprint density at radius 2 is 1.93 bits per heavy atom. The number of carbonyl (C=O) groups is 2. The summed E-state index contributed by atoms with van der Waals surface area (Å²) < 4.78 is 28.3. The largest absolute Gasteiger partial charge is 0.349 e. The summed E-state index contributed by atoms with van der Waals surface area (Å²) in [6, 6.07) is 7.87. The summed E-state index contributed by atoms with van der Waals surface area (Å²) >= 11 is 0. The lowest BCUT2D eigenvalue weighted by atomic mass is 10.3. The Hall–Kier alpha value is -3.33. The predicted octanol–water partition coefficient (Wildman–Crippen LogP) is 2.16. The van der Waals surface area contributed by atoms with E-state index in [9.17, 15) is 18.4 Å². The van der Waals surface area contributed by atoms with Crippen molar-refractivity contribution in [2.45, 2.75) is 0 Å². The maximum Gasteiger partial charge on any atom is 0.292 e. The van der Waals surface area contributed by atoms with Crippen LogP contribution in [0.25, 0.3) is 5.52 Å². The second-order valence-electron chi connectivity index (χ2n) is 6.38. The lowest BCUT2D eigenvalue weighted by molar-refractivity contribution is 0.0948. The van der Waals surface area contributed by atoms with Crippen LogP contribution < -0.4 is 10.6 Å². The third kappa shape index (κ3) is 4.15. The minimum Gasteiger partial charge on any atom is -0.349 e. The number of nitrogens with zero attached hydrogens (tertiary/aromatic N) is 3. The van der Waals surface area contributed by atoms with Crippen molar-refractivity contribution in [1.82, 2.24) is 19.6 Å². The number of halogens is 2. The third-order valence-electron chi connectivity index (χ3n) is 3.99. The highest BCUT2D eigenvalue weighted by atomic mass is 19.1. The Morgan fingerprint density at radius 1 is 1.14 bits per heavy atom. The van der Waals surface area contributed by atoms with Crippen molar-refractivity contribution in [2.24, 2.45) is 0 Å². The van der Waals surface area contributed by atoms with E-state index >= 15 is 0 Å². The van der Waals surface area contributed by atoms with Crippen molar-refractivity contribution in [3.8, 4) is 0 Å². The number of rotatable bonds is 6. The third-order valence-corrected chi connectivity index (χ3v) is 3.99. The maximum atomic E-state index is 13.8. The van der Waals surface area contributed by atoms with Crippen LogP contribution in [-0.2, 0) is 0 Å². The Labute approximate surface area is 160 Å². The molecule has 0 aliphatic carbocycles. The number of carbonyl (C=O) groups excluding carboxylic acids is 2. The molecule has 0 spiro atoms. The second kappa shape index (κ2) is 8.13. The fraction of sp³-hybridized carbons (Fsp3) is 0.211. The highest BCUT2D eigenvalue weighted by molar-refractivity contribution is 6.06. The predicted molar refractivity (Wildman–Crippen MR) is 100 cm³/mol. The summed E-state index contributed by atoms with van der Waals surface area (Å²) in [5.41, 5.74) is 0.342. The second-order valence-corrected chi connectivity index (χ2v) is 6.38. The molecule has 3 rings (SSSR count). The molecule has 146 valence electrons. The molecule has 2 N–H and O–H groups in total. The van der Waals surface area contributed by atoms with Crippen molar-refractivity contribution >= 4 is 23.0 Å². The smallest absolute Gasteiger partial charge is 0.292 e. The summed E-state index contributed by atoms with van der Waals surface area (Å²) in [5.74, 6) is -2.89. The van der Waals surface area contributed by atoms with Gasteiger partial charge in [0.15, 0.2) is 5.69 Å². The SMILES string of the molecule is CN(C)CCNC(=O)c1nc(C(=O)Nc2ccc(F)cc2F)n2ccccc12. The highest BCUT2D eigenvalue weighted by Crippen LogP contribution is 2.18. The molecule has 3 aromatic rings. The zero-order valence-corrected chi connectivity index (χ0v) is 15.4. The fourth-order valence-electron chi connectivity index (χ4n) is 2.61. The molecule has 0 saturated carbocycles. The number of hydrogen-bond donors (Lipinski definition) is 2. The van der Waals surface area contributed by atoms with Gasteiger partial charge in [-0.2, -0.15) is 0 Å². The Kier molecular flexibility index (Phi) is 5.65. The number of likely N-dealkylation sites (N-methyl/N-ethyl adjacent to an activating group) is 1. The number of hydrogen-bond acceptors (Lipinski definition) is 4. The zero-order valence-electron chi connectivity index (χ0n) is 15.4. The minimum absolute atomic E-state index is 0.0860. The molecule has 0 aliphatic heterocycles. The topological polar surface area (TPSA) is 78.7 Å². The van der Waals surface area contributed by atoms with Crippen LogP contribution in [0.4, 0.5) is 14.5 Å². The van der Waals surface area contributed by atoms with Crippen LogP contribution in [0.15, 0.2) is 42.6 Å². The van der Waals surface area contributed by atoms with E-state index in [0.29, 0.717) is 24.7 Å². The van der Waals surface area contributed by atoms with E-state index < -0.39 is 23.4 Å². The molecule has 9 heteroatoms. The van der Waals surface area contributed by atoms with Gasteiger partial charge in [0.05, 0.1) is 11.2 Å². The van der Waals surface area contributed by atoms with Crippen molar-refractivity contribution in [1.29, 1.82) is 0 Å². The van der Waals surface area contributed by atoms with Crippen molar-refractivity contribution in [2.75, 3.05) is 32.5 Å². The van der Waals surface area contributed by atoms with E-state index in [1.165, 1.54) is 4.40 Å². The molecule has 0 radical (unpaired) electrons. The van der Waals surface area contributed by atoms with Gasteiger partial charge in [0.25, 0.3) is 11.8 Å². The molecule has 28 heavy (non-hydrogen) atoms. The number of anilines is 1. The van der Waals surface area contributed by atoms with E-state index in [1.54, 1.807) is 24.4 Å². The molecule has 0 aliphatic rings. The van der Waals surface area contributed by atoms with Crippen molar-refractivity contribution in [3.63, 3.8) is 0 Å². The summed E-state index contributed by atoms with van der Waals surface area (Å²) in [6.07, 6.45) is 1.58. The molecular formula is C19H19F2N5O2. The Balaban J connectivity index is 1.89. The first-order valence-corrected chi connectivity index (χ1v) is 8.53. The van der Waals surface area contributed by atoms with Crippen LogP contribution in [0.3, 0.4) is 0 Å². The molecule has 1 aromatic carbocycles. The number of benzene rings is 1. The highest BCUT2D eigenvalue weighted by Gasteiger charge is 2.22. The quantitative estimate of drug-likeness (QED) is 0.679. The van der Waals surface area contributed by atoms with E-state index in [1.807, 2.05) is 19.0 Å². The maximum absolute atomic E-state index is 13.8. The number of amides is 2. The van der Waals surface area contributed by atoms with Crippen molar-refractivity contribution < 1.29 is 18.4 Å². The van der Waals surface area contributed by atoms with E-state index in [2.05, 4.69) is 15.6 Å². The molecule has 0 fully saturated rings. The van der Waals surface area contributed by atoms with Crippen LogP contribution in [0.5, 0.6) is 0 Å². The zero-order chi connectivity index (χ0) is 20.3. The van der Waals surface area contributed by atoms with Crippen LogP contribution in [-0.4, -0.2) is 53.3 Å². The number of nitrogens with one attached hydrogen (secondary N) is 2. The summed E-state index contributed by atoms with van der Waals surface area (Å²) in [7, 11) is 3.77. The fourth-order valence-corrected chi connectivity index (χ4v) is 2.61. The Bertz CT molecular complexity index is 1030. The van der Waals surface area contributed by atoms with Crippen LogP contribution in [0.2, 0.25) is 0 Å². The van der Waals surface area contributed by atoms with Gasteiger partial charge in [-0.1, -0.05) is 6.07 Å². The van der Waals surface area contributed by atoms with Gasteiger partial charge in [0.1, 0.15) is 11.6 Å². The van der Waals surface area contributed by atoms with Gasteiger partial charge in [-0.15, -0.1) is 0 Å². The molecule has 0 atom stereocenters. The van der Waals surface area contributed by atoms with Crippen LogP contribution in [0, 0.1) is 11.6 Å². The van der Waals surface area contributed by atoms with Crippen LogP contribution >= 0.6 is 0 Å². The summed E-state index contributed by atoms with van der Waals surface area (Å²) in [5, 5.41) is 5.10. The first kappa shape index (κ1) is 19.4. The van der Waals surface area contributed by atoms with Gasteiger partial charge in [0.2, 0.25) is 5.82 Å². The lowest BCUT2D eigenvalue weighted by Gasteiger charge is -2.09. The van der Waals surface area contributed by atoms with Gasteiger partial charge in [0, 0.05) is 25.4 Å².